The molecule has 0 heterocycles. The Morgan fingerprint density at radius 1 is 0.944 bits per heavy atom. The molecule has 0 aliphatic heterocycles. The summed E-state index contributed by atoms with van der Waals surface area (Å²) in [6, 6.07) is 9.29. The van der Waals surface area contributed by atoms with E-state index in [1.807, 2.05) is 0 Å². The van der Waals surface area contributed by atoms with Crippen LogP contribution in [0.3, 0.4) is 0 Å². The summed E-state index contributed by atoms with van der Waals surface area (Å²) >= 11 is 0. The van der Waals surface area contributed by atoms with Gasteiger partial charge in [-0.3, -0.25) is 0 Å². The molecule has 1 aliphatic carbocycles. The maximum atomic E-state index is 2.36. The first kappa shape index (κ1) is 11.8. The monoisotopic (exact) mass is 238 g/mol. The molecular formula is C18H22. The van der Waals surface area contributed by atoms with Gasteiger partial charge in [0.15, 0.2) is 0 Å². The van der Waals surface area contributed by atoms with E-state index in [9.17, 15) is 0 Å². The van der Waals surface area contributed by atoms with E-state index in [0.29, 0.717) is 0 Å². The number of hydrogen-bond acceptors (Lipinski definition) is 0. The molecule has 0 amide bonds. The standard InChI is InChI=1S/C18H22/c1-12-8-9-17-16(10-12)11-13(2)14(3)18(17)15-6-4-5-7-15/h8-11,15H,4-7H2,1-3H3. The number of hydrogen-bond donors (Lipinski definition) is 0. The zero-order chi connectivity index (χ0) is 12.7. The fourth-order valence-electron chi connectivity index (χ4n) is 3.54. The van der Waals surface area contributed by atoms with Crippen LogP contribution in [0.25, 0.3) is 10.8 Å². The molecule has 1 aliphatic rings. The average molecular weight is 238 g/mol. The highest BCUT2D eigenvalue weighted by Crippen LogP contribution is 2.40. The number of rotatable bonds is 1. The predicted molar refractivity (Wildman–Crippen MR) is 79.4 cm³/mol. The Balaban J connectivity index is 2.29. The van der Waals surface area contributed by atoms with E-state index < -0.39 is 0 Å². The summed E-state index contributed by atoms with van der Waals surface area (Å²) in [5.74, 6) is 0.801. The lowest BCUT2D eigenvalue weighted by molar-refractivity contribution is 0.723. The van der Waals surface area contributed by atoms with Gasteiger partial charge in [0.1, 0.15) is 0 Å². The molecule has 0 aromatic heterocycles. The van der Waals surface area contributed by atoms with Gasteiger partial charge in [0.05, 0.1) is 0 Å². The van der Waals surface area contributed by atoms with E-state index in [1.165, 1.54) is 53.1 Å². The van der Waals surface area contributed by atoms with Crippen LogP contribution in [0.15, 0.2) is 24.3 Å². The summed E-state index contributed by atoms with van der Waals surface area (Å²) in [7, 11) is 0. The molecule has 2 aromatic rings. The molecule has 0 heteroatoms. The fraction of sp³-hybridized carbons (Fsp3) is 0.444. The van der Waals surface area contributed by atoms with Crippen molar-refractivity contribution in [3.05, 3.63) is 46.5 Å². The van der Waals surface area contributed by atoms with Crippen LogP contribution >= 0.6 is 0 Å². The molecule has 0 bridgehead atoms. The van der Waals surface area contributed by atoms with Crippen LogP contribution in [0.2, 0.25) is 0 Å². The van der Waals surface area contributed by atoms with Gasteiger partial charge in [0, 0.05) is 0 Å². The normalized spacial score (nSPS) is 16.6. The van der Waals surface area contributed by atoms with Crippen molar-refractivity contribution in [3.8, 4) is 0 Å². The second-order valence-corrected chi connectivity index (χ2v) is 5.94. The first-order chi connectivity index (χ1) is 8.66. The molecule has 0 radical (unpaired) electrons. The van der Waals surface area contributed by atoms with Gasteiger partial charge in [-0.1, -0.05) is 42.7 Å². The Kier molecular flexibility index (Phi) is 2.89. The van der Waals surface area contributed by atoms with Crippen LogP contribution in [0.5, 0.6) is 0 Å². The Labute approximate surface area is 110 Å². The highest BCUT2D eigenvalue weighted by atomic mass is 14.3. The average Bonchev–Trinajstić information content (AvgIpc) is 2.84. The van der Waals surface area contributed by atoms with Gasteiger partial charge in [-0.2, -0.15) is 0 Å². The van der Waals surface area contributed by atoms with Gasteiger partial charge in [-0.15, -0.1) is 0 Å². The molecule has 1 fully saturated rings. The van der Waals surface area contributed by atoms with Gasteiger partial charge >= 0.3 is 0 Å². The van der Waals surface area contributed by atoms with Gasteiger partial charge in [0.25, 0.3) is 0 Å². The Morgan fingerprint density at radius 2 is 1.67 bits per heavy atom. The number of fused-ring (bicyclic) bond motifs is 1. The minimum absolute atomic E-state index is 0.801. The molecule has 94 valence electrons. The lowest BCUT2D eigenvalue weighted by Crippen LogP contribution is -2.00. The molecule has 18 heavy (non-hydrogen) atoms. The lowest BCUT2D eigenvalue weighted by atomic mass is 9.86. The van der Waals surface area contributed by atoms with Crippen LogP contribution in [-0.4, -0.2) is 0 Å². The zero-order valence-electron chi connectivity index (χ0n) is 11.7. The van der Waals surface area contributed by atoms with E-state index in [0.717, 1.165) is 5.92 Å². The van der Waals surface area contributed by atoms with Crippen molar-refractivity contribution in [2.24, 2.45) is 0 Å². The number of benzene rings is 2. The van der Waals surface area contributed by atoms with Crippen LogP contribution < -0.4 is 0 Å². The van der Waals surface area contributed by atoms with Gasteiger partial charge in [-0.05, 0) is 67.0 Å². The van der Waals surface area contributed by atoms with Crippen molar-refractivity contribution in [1.82, 2.24) is 0 Å². The zero-order valence-corrected chi connectivity index (χ0v) is 11.7. The van der Waals surface area contributed by atoms with Crippen molar-refractivity contribution in [1.29, 1.82) is 0 Å². The van der Waals surface area contributed by atoms with Crippen molar-refractivity contribution in [2.75, 3.05) is 0 Å². The molecule has 1 saturated carbocycles. The second-order valence-electron chi connectivity index (χ2n) is 5.94. The third-order valence-electron chi connectivity index (χ3n) is 4.63. The van der Waals surface area contributed by atoms with Crippen LogP contribution in [0, 0.1) is 20.8 Å². The second kappa shape index (κ2) is 4.42. The fourth-order valence-corrected chi connectivity index (χ4v) is 3.54. The van der Waals surface area contributed by atoms with Crippen molar-refractivity contribution in [3.63, 3.8) is 0 Å². The summed E-state index contributed by atoms with van der Waals surface area (Å²) in [5, 5.41) is 2.93. The van der Waals surface area contributed by atoms with Crippen molar-refractivity contribution >= 4 is 10.8 Å². The Bertz CT molecular complexity index is 587. The molecule has 2 aromatic carbocycles. The largest absolute Gasteiger partial charge is 0.0587 e. The Hall–Kier alpha value is -1.30. The van der Waals surface area contributed by atoms with E-state index in [4.69, 9.17) is 0 Å². The molecule has 0 N–H and O–H groups in total. The van der Waals surface area contributed by atoms with E-state index in [-0.39, 0.29) is 0 Å². The molecule has 0 unspecified atom stereocenters. The quantitative estimate of drug-likeness (QED) is 0.622. The molecule has 0 atom stereocenters. The maximum Gasteiger partial charge on any atom is -0.0146 e. The maximum absolute atomic E-state index is 2.36. The molecule has 3 rings (SSSR count). The Morgan fingerprint density at radius 3 is 2.39 bits per heavy atom. The van der Waals surface area contributed by atoms with E-state index >= 15 is 0 Å². The van der Waals surface area contributed by atoms with Gasteiger partial charge < -0.3 is 0 Å². The minimum atomic E-state index is 0.801. The summed E-state index contributed by atoms with van der Waals surface area (Å²) in [4.78, 5) is 0. The third kappa shape index (κ3) is 1.84. The first-order valence-corrected chi connectivity index (χ1v) is 7.17. The first-order valence-electron chi connectivity index (χ1n) is 7.17. The van der Waals surface area contributed by atoms with Crippen LogP contribution in [-0.2, 0) is 0 Å². The molecule has 0 spiro atoms. The highest BCUT2D eigenvalue weighted by Gasteiger charge is 2.21. The predicted octanol–water partition coefficient (Wildman–Crippen LogP) is 5.42. The van der Waals surface area contributed by atoms with Gasteiger partial charge in [-0.25, -0.2) is 0 Å². The van der Waals surface area contributed by atoms with E-state index in [1.54, 1.807) is 5.56 Å². The molecular weight excluding hydrogens is 216 g/mol. The van der Waals surface area contributed by atoms with Gasteiger partial charge in [0.2, 0.25) is 0 Å². The minimum Gasteiger partial charge on any atom is -0.0587 e. The summed E-state index contributed by atoms with van der Waals surface area (Å²) in [6.45, 7) is 6.75. The summed E-state index contributed by atoms with van der Waals surface area (Å²) < 4.78 is 0. The smallest absolute Gasteiger partial charge is 0.0146 e. The summed E-state index contributed by atoms with van der Waals surface area (Å²) in [5.41, 5.74) is 5.99. The lowest BCUT2D eigenvalue weighted by Gasteiger charge is -2.19. The molecule has 0 saturated heterocycles. The molecule has 0 nitrogen and oxygen atoms in total. The van der Waals surface area contributed by atoms with Crippen molar-refractivity contribution < 1.29 is 0 Å². The highest BCUT2D eigenvalue weighted by molar-refractivity contribution is 5.89. The number of aryl methyl sites for hydroxylation is 2. The SMILES string of the molecule is Cc1ccc2c(C3CCCC3)c(C)c(C)cc2c1. The van der Waals surface area contributed by atoms with Crippen molar-refractivity contribution in [2.45, 2.75) is 52.4 Å². The topological polar surface area (TPSA) is 0 Å². The third-order valence-corrected chi connectivity index (χ3v) is 4.63. The van der Waals surface area contributed by atoms with Crippen LogP contribution in [0.1, 0.15) is 53.9 Å². The van der Waals surface area contributed by atoms with E-state index in [2.05, 4.69) is 45.0 Å². The summed E-state index contributed by atoms with van der Waals surface area (Å²) in [6.07, 6.45) is 5.58. The van der Waals surface area contributed by atoms with Crippen LogP contribution in [0.4, 0.5) is 0 Å².